The van der Waals surface area contributed by atoms with Gasteiger partial charge >= 0.3 is 35.8 Å². The fourth-order valence-corrected chi connectivity index (χ4v) is 7.68. The number of ether oxygens (including phenoxy) is 6. The fraction of sp³-hybridized carbons (Fsp3) is 0.700. The second kappa shape index (κ2) is 49.8. The van der Waals surface area contributed by atoms with E-state index in [9.17, 15) is 28.8 Å². The molecule has 0 aromatic heterocycles. The smallest absolute Gasteiger partial charge is 0.339 e. The second-order valence-corrected chi connectivity index (χ2v) is 18.5. The maximum absolute atomic E-state index is 12.4. The molecule has 2 aromatic rings. The quantitative estimate of drug-likeness (QED) is 0.0353. The maximum Gasteiger partial charge on any atom is 0.339 e. The Balaban J connectivity index is 0.00000111. The molecule has 2 rings (SSSR count). The van der Waals surface area contributed by atoms with Gasteiger partial charge in [0.2, 0.25) is 0 Å². The van der Waals surface area contributed by atoms with E-state index >= 15 is 0 Å². The van der Waals surface area contributed by atoms with Crippen LogP contribution in [0.2, 0.25) is 0 Å². The molecule has 72 heavy (non-hydrogen) atoms. The molecule has 410 valence electrons. The molecular formula is C60H98O12. The van der Waals surface area contributed by atoms with Crippen molar-refractivity contribution >= 4 is 35.8 Å². The first-order valence-electron chi connectivity index (χ1n) is 28.1. The number of hydrogen-bond donors (Lipinski definition) is 0. The Bertz CT molecular complexity index is 1550. The molecule has 0 bridgehead atoms. The van der Waals surface area contributed by atoms with Crippen LogP contribution in [0.5, 0.6) is 0 Å². The summed E-state index contributed by atoms with van der Waals surface area (Å²) in [4.78, 5) is 70.5. The second-order valence-electron chi connectivity index (χ2n) is 18.5. The molecule has 2 aromatic carbocycles. The van der Waals surface area contributed by atoms with Gasteiger partial charge in [-0.1, -0.05) is 206 Å². The number of esters is 6. The highest BCUT2D eigenvalue weighted by atomic mass is 16.5. The molecular weight excluding hydrogens is 913 g/mol. The van der Waals surface area contributed by atoms with Crippen molar-refractivity contribution in [1.29, 1.82) is 0 Å². The topological polar surface area (TPSA) is 158 Å². The fourth-order valence-electron chi connectivity index (χ4n) is 7.68. The number of carbonyl (C=O) groups excluding carboxylic acids is 6. The Morgan fingerprint density at radius 1 is 0.292 bits per heavy atom. The van der Waals surface area contributed by atoms with Gasteiger partial charge in [0.05, 0.1) is 62.9 Å². The van der Waals surface area contributed by atoms with Crippen LogP contribution in [0.4, 0.5) is 0 Å². The van der Waals surface area contributed by atoms with Crippen molar-refractivity contribution in [2.24, 2.45) is 0 Å². The van der Waals surface area contributed by atoms with Gasteiger partial charge in [0.25, 0.3) is 0 Å². The summed E-state index contributed by atoms with van der Waals surface area (Å²) in [5.74, 6) is -2.08. The van der Waals surface area contributed by atoms with Crippen molar-refractivity contribution in [3.63, 3.8) is 0 Å². The summed E-state index contributed by atoms with van der Waals surface area (Å²) < 4.78 is 30.4. The molecule has 0 unspecified atom stereocenters. The SMILES string of the molecule is CCCCCCCCOC(=O)CCCCCCCCC(=O)OCCCCCCCC.CCCCCCCCOC(=O)c1ccccc1C(=O)OCCCCCCCC.COC(=O)c1ccccc1C(=O)OC. The monoisotopic (exact) mass is 1010 g/mol. The van der Waals surface area contributed by atoms with Gasteiger partial charge in [0.15, 0.2) is 0 Å². The van der Waals surface area contributed by atoms with Crippen LogP contribution in [0.3, 0.4) is 0 Å². The number of unbranched alkanes of at least 4 members (excludes halogenated alkanes) is 25. The predicted molar refractivity (Wildman–Crippen MR) is 288 cm³/mol. The van der Waals surface area contributed by atoms with E-state index in [-0.39, 0.29) is 23.1 Å². The van der Waals surface area contributed by atoms with Crippen LogP contribution < -0.4 is 0 Å². The molecule has 0 atom stereocenters. The van der Waals surface area contributed by atoms with E-state index in [1.54, 1.807) is 36.4 Å². The first-order valence-corrected chi connectivity index (χ1v) is 28.1. The lowest BCUT2D eigenvalue weighted by Crippen LogP contribution is -2.15. The summed E-state index contributed by atoms with van der Waals surface area (Å²) in [5, 5.41) is 0. The molecule has 0 saturated heterocycles. The van der Waals surface area contributed by atoms with Gasteiger partial charge in [0.1, 0.15) is 0 Å². The van der Waals surface area contributed by atoms with Crippen LogP contribution >= 0.6 is 0 Å². The lowest BCUT2D eigenvalue weighted by Gasteiger charge is -2.10. The molecule has 0 aliphatic carbocycles. The Labute approximate surface area is 436 Å². The first-order chi connectivity index (χ1) is 35.1. The minimum atomic E-state index is -0.550. The van der Waals surface area contributed by atoms with Gasteiger partial charge in [-0.3, -0.25) is 9.59 Å². The third kappa shape index (κ3) is 38.0. The standard InChI is InChI=1S/C26H50O4.C24H38O4.C10H10O4/c1-3-5-7-9-15-19-23-29-25(27)21-17-13-11-12-14-18-22-26(28)30-24-20-16-10-8-6-4-2;1-3-5-7-9-11-15-19-27-23(25)21-17-13-14-18-22(21)24(26)28-20-16-12-10-8-6-4-2;1-13-9(11)7-5-3-4-6-8(7)10(12)14-2/h3-24H2,1-2H3;13-14,17-18H,3-12,15-16,19-20H2,1-2H3;3-6H,1-2H3. The molecule has 12 nitrogen and oxygen atoms in total. The Hall–Kier alpha value is -4.74. The van der Waals surface area contributed by atoms with Crippen molar-refractivity contribution in [2.75, 3.05) is 40.6 Å². The highest BCUT2D eigenvalue weighted by molar-refractivity contribution is 6.03. The number of carbonyl (C=O) groups is 6. The largest absolute Gasteiger partial charge is 0.466 e. The highest BCUT2D eigenvalue weighted by Crippen LogP contribution is 2.16. The first kappa shape index (κ1) is 67.3. The zero-order valence-corrected chi connectivity index (χ0v) is 46.0. The van der Waals surface area contributed by atoms with Crippen molar-refractivity contribution in [1.82, 2.24) is 0 Å². The zero-order chi connectivity index (χ0) is 53.1. The van der Waals surface area contributed by atoms with Gasteiger partial charge < -0.3 is 28.4 Å². The molecule has 0 aliphatic heterocycles. The Morgan fingerprint density at radius 3 is 0.778 bits per heavy atom. The lowest BCUT2D eigenvalue weighted by molar-refractivity contribution is -0.144. The number of methoxy groups -OCH3 is 2. The average molecular weight is 1010 g/mol. The van der Waals surface area contributed by atoms with Gasteiger partial charge in [-0.05, 0) is 62.8 Å². The molecule has 0 radical (unpaired) electrons. The van der Waals surface area contributed by atoms with Crippen LogP contribution in [-0.4, -0.2) is 76.5 Å². The summed E-state index contributed by atoms with van der Waals surface area (Å²) in [6, 6.07) is 13.1. The van der Waals surface area contributed by atoms with E-state index < -0.39 is 23.9 Å². The predicted octanol–water partition coefficient (Wildman–Crippen LogP) is 15.9. The number of benzene rings is 2. The molecule has 0 N–H and O–H groups in total. The van der Waals surface area contributed by atoms with Crippen LogP contribution in [0.25, 0.3) is 0 Å². The van der Waals surface area contributed by atoms with Crippen LogP contribution in [0.1, 0.15) is 275 Å². The molecule has 0 heterocycles. The molecule has 0 amide bonds. The Kier molecular flexibility index (Phi) is 46.5. The summed E-state index contributed by atoms with van der Waals surface area (Å²) in [6.45, 7) is 10.8. The van der Waals surface area contributed by atoms with Crippen LogP contribution in [0.15, 0.2) is 48.5 Å². The van der Waals surface area contributed by atoms with Gasteiger partial charge in [0, 0.05) is 12.8 Å². The van der Waals surface area contributed by atoms with E-state index in [1.807, 2.05) is 0 Å². The number of hydrogen-bond acceptors (Lipinski definition) is 12. The van der Waals surface area contributed by atoms with Crippen molar-refractivity contribution in [3.8, 4) is 0 Å². The van der Waals surface area contributed by atoms with E-state index in [1.165, 1.54) is 142 Å². The molecule has 0 saturated carbocycles. The van der Waals surface area contributed by atoms with Crippen molar-refractivity contribution in [2.45, 2.75) is 233 Å². The van der Waals surface area contributed by atoms with E-state index in [0.717, 1.165) is 77.0 Å². The van der Waals surface area contributed by atoms with E-state index in [0.29, 0.717) is 50.4 Å². The highest BCUT2D eigenvalue weighted by Gasteiger charge is 2.19. The molecule has 12 heteroatoms. The van der Waals surface area contributed by atoms with Crippen LogP contribution in [-0.2, 0) is 38.0 Å². The van der Waals surface area contributed by atoms with Crippen molar-refractivity contribution < 1.29 is 57.2 Å². The normalized spacial score (nSPS) is 10.5. The summed E-state index contributed by atoms with van der Waals surface area (Å²) in [6.07, 6.45) is 35.5. The summed E-state index contributed by atoms with van der Waals surface area (Å²) in [7, 11) is 2.52. The summed E-state index contributed by atoms with van der Waals surface area (Å²) >= 11 is 0. The van der Waals surface area contributed by atoms with Gasteiger partial charge in [-0.25, -0.2) is 19.2 Å². The minimum absolute atomic E-state index is 0.0448. The number of rotatable bonds is 41. The molecule has 0 aliphatic rings. The average Bonchev–Trinajstić information content (AvgIpc) is 3.40. The molecule has 0 spiro atoms. The minimum Gasteiger partial charge on any atom is -0.466 e. The molecule has 0 fully saturated rings. The van der Waals surface area contributed by atoms with Crippen molar-refractivity contribution in [3.05, 3.63) is 70.8 Å². The third-order valence-electron chi connectivity index (χ3n) is 12.1. The van der Waals surface area contributed by atoms with Gasteiger partial charge in [-0.2, -0.15) is 0 Å². The van der Waals surface area contributed by atoms with E-state index in [4.69, 9.17) is 18.9 Å². The Morgan fingerprint density at radius 2 is 0.514 bits per heavy atom. The maximum atomic E-state index is 12.4. The lowest BCUT2D eigenvalue weighted by atomic mass is 10.1. The van der Waals surface area contributed by atoms with E-state index in [2.05, 4.69) is 37.2 Å². The van der Waals surface area contributed by atoms with Crippen LogP contribution in [0, 0.1) is 0 Å². The third-order valence-corrected chi connectivity index (χ3v) is 12.1. The van der Waals surface area contributed by atoms with Gasteiger partial charge in [-0.15, -0.1) is 0 Å². The summed E-state index contributed by atoms with van der Waals surface area (Å²) in [5.41, 5.74) is 1.01. The zero-order valence-electron chi connectivity index (χ0n) is 46.0.